The van der Waals surface area contributed by atoms with E-state index >= 15 is 0 Å². The van der Waals surface area contributed by atoms with Crippen LogP contribution >= 0.6 is 0 Å². The number of aromatic nitrogens is 1. The molecule has 132 valence electrons. The highest BCUT2D eigenvalue weighted by atomic mass is 16.5. The minimum atomic E-state index is -1.01. The first kappa shape index (κ1) is 18.4. The molecule has 0 unspecified atom stereocenters. The van der Waals surface area contributed by atoms with Crippen LogP contribution in [-0.2, 0) is 4.74 Å². The van der Waals surface area contributed by atoms with E-state index in [1.807, 2.05) is 0 Å². The second-order valence-electron chi connectivity index (χ2n) is 5.79. The van der Waals surface area contributed by atoms with Gasteiger partial charge in [0.05, 0.1) is 12.8 Å². The lowest BCUT2D eigenvalue weighted by Crippen LogP contribution is -2.25. The van der Waals surface area contributed by atoms with Crippen LogP contribution in [0, 0.1) is 13.8 Å². The molecule has 0 saturated carbocycles. The summed E-state index contributed by atoms with van der Waals surface area (Å²) in [5.74, 6) is -0.788. The minimum absolute atomic E-state index is 0.121. The van der Waals surface area contributed by atoms with E-state index in [1.54, 1.807) is 38.1 Å². The Morgan fingerprint density at radius 1 is 1.12 bits per heavy atom. The zero-order valence-electron chi connectivity index (χ0n) is 14.9. The van der Waals surface area contributed by atoms with E-state index in [9.17, 15) is 14.4 Å². The van der Waals surface area contributed by atoms with Crippen LogP contribution in [-0.4, -0.2) is 35.7 Å². The van der Waals surface area contributed by atoms with Gasteiger partial charge in [0.2, 0.25) is 5.78 Å². The number of carbonyl (C=O) groups excluding carboxylic acids is 3. The fourth-order valence-corrected chi connectivity index (χ4v) is 2.82. The number of nitrogens with one attached hydrogen (secondary N) is 1. The number of H-pyrrole nitrogens is 1. The number of esters is 1. The molecule has 2 aromatic rings. The van der Waals surface area contributed by atoms with Crippen LogP contribution in [0.4, 0.5) is 0 Å². The van der Waals surface area contributed by atoms with E-state index in [4.69, 9.17) is 9.47 Å². The lowest BCUT2D eigenvalue weighted by atomic mass is 10.0. The highest BCUT2D eigenvalue weighted by Crippen LogP contribution is 2.22. The van der Waals surface area contributed by atoms with Crippen LogP contribution in [0.15, 0.2) is 24.3 Å². The van der Waals surface area contributed by atoms with Crippen LogP contribution < -0.4 is 4.74 Å². The Morgan fingerprint density at radius 3 is 2.32 bits per heavy atom. The van der Waals surface area contributed by atoms with E-state index in [2.05, 4.69) is 4.98 Å². The highest BCUT2D eigenvalue weighted by Gasteiger charge is 2.27. The summed E-state index contributed by atoms with van der Waals surface area (Å²) in [6.07, 6.45) is -1.01. The lowest BCUT2D eigenvalue weighted by molar-refractivity contribution is 0.0314. The van der Waals surface area contributed by atoms with Gasteiger partial charge in [-0.25, -0.2) is 4.79 Å². The van der Waals surface area contributed by atoms with Gasteiger partial charge in [-0.05, 0) is 45.4 Å². The van der Waals surface area contributed by atoms with Gasteiger partial charge in [0.25, 0.3) is 0 Å². The number of hydrogen-bond donors (Lipinski definition) is 1. The smallest absolute Gasteiger partial charge is 0.342 e. The number of rotatable bonds is 6. The van der Waals surface area contributed by atoms with Crippen molar-refractivity contribution in [2.75, 3.05) is 7.11 Å². The van der Waals surface area contributed by atoms with Crippen molar-refractivity contribution in [3.05, 3.63) is 52.3 Å². The molecule has 0 amide bonds. The molecule has 0 radical (unpaired) electrons. The van der Waals surface area contributed by atoms with Crippen LogP contribution in [0.25, 0.3) is 0 Å². The second-order valence-corrected chi connectivity index (χ2v) is 5.79. The molecule has 0 bridgehead atoms. The number of ether oxygens (including phenoxy) is 2. The highest BCUT2D eigenvalue weighted by molar-refractivity contribution is 6.05. The molecule has 1 atom stereocenters. The van der Waals surface area contributed by atoms with Gasteiger partial charge in [0, 0.05) is 11.3 Å². The molecule has 0 aliphatic heterocycles. The average Bonchev–Trinajstić information content (AvgIpc) is 2.88. The average molecular weight is 343 g/mol. The number of para-hydroxylation sites is 1. The van der Waals surface area contributed by atoms with Crippen LogP contribution in [0.5, 0.6) is 5.75 Å². The quantitative estimate of drug-likeness (QED) is 0.643. The molecule has 2 rings (SSSR count). The molecular weight excluding hydrogens is 322 g/mol. The molecule has 0 fully saturated rings. The maximum absolute atomic E-state index is 12.6. The molecule has 1 aromatic heterocycles. The van der Waals surface area contributed by atoms with Gasteiger partial charge in [-0.2, -0.15) is 0 Å². The number of Topliss-reactive ketones (excluding diaryl/α,β-unsaturated/α-hetero) is 2. The topological polar surface area (TPSA) is 85.5 Å². The normalized spacial score (nSPS) is 11.7. The largest absolute Gasteiger partial charge is 0.496 e. The number of aromatic amines is 1. The molecule has 1 aromatic carbocycles. The van der Waals surface area contributed by atoms with E-state index in [0.29, 0.717) is 22.6 Å². The van der Waals surface area contributed by atoms with Gasteiger partial charge in [0.1, 0.15) is 11.3 Å². The van der Waals surface area contributed by atoms with Gasteiger partial charge >= 0.3 is 5.97 Å². The molecule has 1 heterocycles. The predicted molar refractivity (Wildman–Crippen MR) is 92.5 cm³/mol. The maximum Gasteiger partial charge on any atom is 0.342 e. The Labute approximate surface area is 146 Å². The van der Waals surface area contributed by atoms with Crippen molar-refractivity contribution in [3.8, 4) is 5.75 Å². The third kappa shape index (κ3) is 3.63. The lowest BCUT2D eigenvalue weighted by Gasteiger charge is -2.13. The van der Waals surface area contributed by atoms with E-state index in [0.717, 1.165) is 0 Å². The van der Waals surface area contributed by atoms with E-state index < -0.39 is 17.9 Å². The number of ketones is 2. The summed E-state index contributed by atoms with van der Waals surface area (Å²) in [6, 6.07) is 6.62. The number of methoxy groups -OCH3 is 1. The Hall–Kier alpha value is -2.89. The molecule has 0 aliphatic rings. The SMILES string of the molecule is COc1ccccc1C(=O)O[C@H](C)C(=O)c1[nH]c(C)c(C(C)=O)c1C. The van der Waals surface area contributed by atoms with Gasteiger partial charge < -0.3 is 14.5 Å². The monoisotopic (exact) mass is 343 g/mol. The molecule has 0 aliphatic carbocycles. The van der Waals surface area contributed by atoms with Crippen molar-refractivity contribution < 1.29 is 23.9 Å². The molecule has 1 N–H and O–H groups in total. The fraction of sp³-hybridized carbons (Fsp3) is 0.316. The Balaban J connectivity index is 2.22. The summed E-state index contributed by atoms with van der Waals surface area (Å²) >= 11 is 0. The van der Waals surface area contributed by atoms with Crippen molar-refractivity contribution in [1.29, 1.82) is 0 Å². The van der Waals surface area contributed by atoms with Gasteiger partial charge in [-0.1, -0.05) is 12.1 Å². The van der Waals surface area contributed by atoms with Gasteiger partial charge in [-0.3, -0.25) is 9.59 Å². The van der Waals surface area contributed by atoms with E-state index in [1.165, 1.54) is 21.0 Å². The number of aryl methyl sites for hydroxylation is 1. The number of carbonyl (C=O) groups is 3. The molecule has 0 saturated heterocycles. The third-order valence-electron chi connectivity index (χ3n) is 4.02. The summed E-state index contributed by atoms with van der Waals surface area (Å²) in [7, 11) is 1.45. The Morgan fingerprint density at radius 2 is 1.76 bits per heavy atom. The van der Waals surface area contributed by atoms with Crippen LogP contribution in [0.1, 0.15) is 56.3 Å². The first-order valence-corrected chi connectivity index (χ1v) is 7.86. The summed E-state index contributed by atoms with van der Waals surface area (Å²) in [6.45, 7) is 6.37. The van der Waals surface area contributed by atoms with Crippen molar-refractivity contribution in [3.63, 3.8) is 0 Å². The summed E-state index contributed by atoms with van der Waals surface area (Å²) < 4.78 is 10.4. The molecule has 6 heteroatoms. The van der Waals surface area contributed by atoms with Crippen molar-refractivity contribution in [2.24, 2.45) is 0 Å². The third-order valence-corrected chi connectivity index (χ3v) is 4.02. The first-order chi connectivity index (χ1) is 11.8. The van der Waals surface area contributed by atoms with Crippen molar-refractivity contribution in [2.45, 2.75) is 33.8 Å². The molecular formula is C19H21NO5. The van der Waals surface area contributed by atoms with Gasteiger partial charge in [0.15, 0.2) is 11.9 Å². The zero-order valence-corrected chi connectivity index (χ0v) is 14.9. The standard InChI is InChI=1S/C19H21NO5/c1-10-16(12(3)21)11(2)20-17(10)18(22)13(4)25-19(23)14-8-6-7-9-15(14)24-5/h6-9,13,20H,1-5H3/t13-/m1/s1. The second kappa shape index (κ2) is 7.34. The Kier molecular flexibility index (Phi) is 5.41. The van der Waals surface area contributed by atoms with Gasteiger partial charge in [-0.15, -0.1) is 0 Å². The maximum atomic E-state index is 12.6. The summed E-state index contributed by atoms with van der Waals surface area (Å²) in [5, 5.41) is 0. The fourth-order valence-electron chi connectivity index (χ4n) is 2.82. The molecule has 0 spiro atoms. The molecule has 25 heavy (non-hydrogen) atoms. The minimum Gasteiger partial charge on any atom is -0.496 e. The zero-order chi connectivity index (χ0) is 18.7. The van der Waals surface area contributed by atoms with Crippen molar-refractivity contribution >= 4 is 17.5 Å². The van der Waals surface area contributed by atoms with Crippen LogP contribution in [0.3, 0.4) is 0 Å². The van der Waals surface area contributed by atoms with Crippen LogP contribution in [0.2, 0.25) is 0 Å². The number of hydrogen-bond acceptors (Lipinski definition) is 5. The van der Waals surface area contributed by atoms with E-state index in [-0.39, 0.29) is 17.0 Å². The predicted octanol–water partition coefficient (Wildman–Crippen LogP) is 3.27. The molecule has 6 nitrogen and oxygen atoms in total. The Bertz CT molecular complexity index is 834. The summed E-state index contributed by atoms with van der Waals surface area (Å²) in [4.78, 5) is 39.6. The summed E-state index contributed by atoms with van der Waals surface area (Å²) in [5.41, 5.74) is 2.20. The van der Waals surface area contributed by atoms with Crippen molar-refractivity contribution in [1.82, 2.24) is 4.98 Å². The first-order valence-electron chi connectivity index (χ1n) is 7.86. The number of benzene rings is 1.